The number of nitrogens with one attached hydrogen (secondary N) is 1. The summed E-state index contributed by atoms with van der Waals surface area (Å²) in [5.74, 6) is 2.33. The second-order valence-electron chi connectivity index (χ2n) is 6.41. The van der Waals surface area contributed by atoms with Crippen LogP contribution in [0.15, 0.2) is 30.5 Å². The fraction of sp³-hybridized carbons (Fsp3) is 0.438. The largest absolute Gasteiger partial charge is 0.347 e. The van der Waals surface area contributed by atoms with Crippen LogP contribution >= 0.6 is 11.6 Å². The normalized spacial score (nSPS) is 38.7. The number of benzene rings is 1. The van der Waals surface area contributed by atoms with E-state index in [1.54, 1.807) is 6.20 Å². The van der Waals surface area contributed by atoms with E-state index in [1.165, 1.54) is 6.42 Å². The lowest BCUT2D eigenvalue weighted by Gasteiger charge is -2.18. The third-order valence-corrected chi connectivity index (χ3v) is 6.08. The fourth-order valence-electron chi connectivity index (χ4n) is 4.55. The lowest BCUT2D eigenvalue weighted by Crippen LogP contribution is -2.39. The minimum Gasteiger partial charge on any atom is -0.347 e. The first kappa shape index (κ1) is 11.9. The number of carbonyl (C=O) groups is 1. The van der Waals surface area contributed by atoms with Crippen molar-refractivity contribution < 1.29 is 4.79 Å². The van der Waals surface area contributed by atoms with Gasteiger partial charge >= 0.3 is 0 Å². The van der Waals surface area contributed by atoms with Crippen molar-refractivity contribution in [2.45, 2.75) is 17.8 Å². The van der Waals surface area contributed by atoms with Gasteiger partial charge in [-0.2, -0.15) is 0 Å². The lowest BCUT2D eigenvalue weighted by molar-refractivity contribution is 0.0923. The maximum absolute atomic E-state index is 12.4. The third kappa shape index (κ3) is 1.54. The first-order chi connectivity index (χ1) is 10.2. The summed E-state index contributed by atoms with van der Waals surface area (Å²) in [5.41, 5.74) is 1.95. The Balaban J connectivity index is 1.41. The molecule has 2 aromatic rings. The summed E-state index contributed by atoms with van der Waals surface area (Å²) in [4.78, 5) is 21.1. The number of hydrogen-bond acceptors (Lipinski definition) is 3. The number of nitrogens with zero attached hydrogens (tertiary/aromatic N) is 2. The molecule has 0 aliphatic heterocycles. The van der Waals surface area contributed by atoms with Crippen LogP contribution in [0.25, 0.3) is 11.0 Å². The molecule has 4 saturated carbocycles. The third-order valence-electron chi connectivity index (χ3n) is 5.47. The van der Waals surface area contributed by atoms with Crippen molar-refractivity contribution in [2.24, 2.45) is 23.7 Å². The molecule has 1 amide bonds. The molecule has 0 spiro atoms. The molecule has 4 nitrogen and oxygen atoms in total. The van der Waals surface area contributed by atoms with E-state index >= 15 is 0 Å². The second kappa shape index (κ2) is 3.95. The highest BCUT2D eigenvalue weighted by Gasteiger charge is 2.73. The molecule has 21 heavy (non-hydrogen) atoms. The molecular formula is C16H14ClN3O. The van der Waals surface area contributed by atoms with Gasteiger partial charge in [-0.3, -0.25) is 9.78 Å². The zero-order valence-electron chi connectivity index (χ0n) is 11.2. The minimum absolute atomic E-state index is 0.125. The summed E-state index contributed by atoms with van der Waals surface area (Å²) < 4.78 is 0. The Morgan fingerprint density at radius 3 is 2.67 bits per heavy atom. The van der Waals surface area contributed by atoms with Crippen molar-refractivity contribution in [2.75, 3.05) is 0 Å². The average Bonchev–Trinajstić information content (AvgIpc) is 2.83. The zero-order chi connectivity index (χ0) is 14.1. The molecular weight excluding hydrogens is 286 g/mol. The van der Waals surface area contributed by atoms with Crippen LogP contribution in [0.2, 0.25) is 0 Å². The summed E-state index contributed by atoms with van der Waals surface area (Å²) >= 11 is 6.42. The Hall–Kier alpha value is -1.68. The molecule has 106 valence electrons. The van der Waals surface area contributed by atoms with Crippen LogP contribution in [0.3, 0.4) is 0 Å². The number of carbonyl (C=O) groups excluding carboxylic acids is 1. The van der Waals surface area contributed by atoms with E-state index < -0.39 is 0 Å². The van der Waals surface area contributed by atoms with Crippen molar-refractivity contribution in [1.82, 2.24) is 15.3 Å². The van der Waals surface area contributed by atoms with Gasteiger partial charge in [-0.25, -0.2) is 4.98 Å². The Morgan fingerprint density at radius 2 is 2.00 bits per heavy atom. The highest BCUT2D eigenvalue weighted by molar-refractivity contribution is 6.22. The number of amides is 1. The molecule has 6 unspecified atom stereocenters. The van der Waals surface area contributed by atoms with Crippen molar-refractivity contribution in [3.8, 4) is 0 Å². The van der Waals surface area contributed by atoms with Crippen LogP contribution in [0, 0.1) is 23.7 Å². The van der Waals surface area contributed by atoms with E-state index in [9.17, 15) is 4.79 Å². The lowest BCUT2D eigenvalue weighted by atomic mass is 10.1. The number of fused-ring (bicyclic) bond motifs is 1. The van der Waals surface area contributed by atoms with Crippen molar-refractivity contribution in [3.63, 3.8) is 0 Å². The maximum Gasteiger partial charge on any atom is 0.271 e. The fourth-order valence-corrected chi connectivity index (χ4v) is 5.17. The molecule has 4 aliphatic rings. The van der Waals surface area contributed by atoms with Gasteiger partial charge in [0.25, 0.3) is 5.91 Å². The minimum atomic E-state index is -0.125. The van der Waals surface area contributed by atoms with E-state index in [0.717, 1.165) is 17.0 Å². The number of hydrogen-bond donors (Lipinski definition) is 1. The van der Waals surface area contributed by atoms with Gasteiger partial charge in [-0.05, 0) is 42.2 Å². The van der Waals surface area contributed by atoms with Gasteiger partial charge in [0.1, 0.15) is 5.69 Å². The first-order valence-electron chi connectivity index (χ1n) is 7.41. The number of alkyl halides is 1. The number of rotatable bonds is 2. The predicted molar refractivity (Wildman–Crippen MR) is 79.0 cm³/mol. The topological polar surface area (TPSA) is 54.9 Å². The molecule has 0 saturated heterocycles. The molecule has 5 heteroatoms. The number of halogens is 1. The summed E-state index contributed by atoms with van der Waals surface area (Å²) in [5, 5.41) is 3.40. The molecule has 6 rings (SSSR count). The van der Waals surface area contributed by atoms with E-state index in [-0.39, 0.29) is 17.3 Å². The maximum atomic E-state index is 12.4. The Bertz CT molecular complexity index is 764. The Kier molecular flexibility index (Phi) is 2.24. The molecule has 0 radical (unpaired) electrons. The van der Waals surface area contributed by atoms with Crippen LogP contribution in [0.4, 0.5) is 0 Å². The van der Waals surface area contributed by atoms with Crippen LogP contribution in [-0.4, -0.2) is 27.3 Å². The average molecular weight is 300 g/mol. The van der Waals surface area contributed by atoms with Gasteiger partial charge in [0.05, 0.1) is 17.2 Å². The van der Waals surface area contributed by atoms with Crippen LogP contribution in [0.1, 0.15) is 16.9 Å². The van der Waals surface area contributed by atoms with Crippen LogP contribution in [-0.2, 0) is 0 Å². The van der Waals surface area contributed by atoms with Crippen LogP contribution < -0.4 is 5.32 Å². The molecule has 4 bridgehead atoms. The van der Waals surface area contributed by atoms with Crippen LogP contribution in [0.5, 0.6) is 0 Å². The van der Waals surface area contributed by atoms with E-state index in [1.807, 2.05) is 24.3 Å². The molecule has 1 heterocycles. The Labute approximate surface area is 126 Å². The first-order valence-corrected chi connectivity index (χ1v) is 7.84. The van der Waals surface area contributed by atoms with Gasteiger partial charge in [0.2, 0.25) is 0 Å². The second-order valence-corrected chi connectivity index (χ2v) is 6.91. The zero-order valence-corrected chi connectivity index (χ0v) is 12.0. The highest BCUT2D eigenvalue weighted by Crippen LogP contribution is 2.71. The monoisotopic (exact) mass is 299 g/mol. The van der Waals surface area contributed by atoms with Crippen molar-refractivity contribution >= 4 is 28.5 Å². The van der Waals surface area contributed by atoms with Gasteiger partial charge < -0.3 is 5.32 Å². The van der Waals surface area contributed by atoms with Gasteiger partial charge in [0, 0.05) is 11.4 Å². The molecule has 6 atom stereocenters. The molecule has 4 fully saturated rings. The molecule has 1 aromatic carbocycles. The molecule has 1 aromatic heterocycles. The van der Waals surface area contributed by atoms with E-state index in [2.05, 4.69) is 15.3 Å². The number of aromatic nitrogens is 2. The quantitative estimate of drug-likeness (QED) is 0.865. The Morgan fingerprint density at radius 1 is 1.19 bits per heavy atom. The predicted octanol–water partition coefficient (Wildman–Crippen LogP) is 2.23. The van der Waals surface area contributed by atoms with E-state index in [4.69, 9.17) is 11.6 Å². The highest BCUT2D eigenvalue weighted by atomic mass is 35.5. The van der Waals surface area contributed by atoms with E-state index in [0.29, 0.717) is 23.4 Å². The summed E-state index contributed by atoms with van der Waals surface area (Å²) in [6.07, 6.45) is 2.73. The van der Waals surface area contributed by atoms with Gasteiger partial charge in [-0.15, -0.1) is 11.6 Å². The van der Waals surface area contributed by atoms with Crippen molar-refractivity contribution in [3.05, 3.63) is 36.2 Å². The standard InChI is InChI=1S/C16H14ClN3O/c17-14-8-5-7-12(14)13(7)15(8)20-16(21)11-6-18-9-3-1-2-4-10(9)19-11/h1-4,6-8,12-15H,5H2,(H,20,21). The molecule has 4 aliphatic carbocycles. The summed E-state index contributed by atoms with van der Waals surface area (Å²) in [6.45, 7) is 0. The molecule has 1 N–H and O–H groups in total. The summed E-state index contributed by atoms with van der Waals surface area (Å²) in [7, 11) is 0. The van der Waals surface area contributed by atoms with Crippen molar-refractivity contribution in [1.29, 1.82) is 0 Å². The number of para-hydroxylation sites is 2. The SMILES string of the molecule is O=C(NC1C2CC3C(C2Cl)C31)c1cnc2ccccc2n1. The smallest absolute Gasteiger partial charge is 0.271 e. The summed E-state index contributed by atoms with van der Waals surface area (Å²) in [6, 6.07) is 7.82. The van der Waals surface area contributed by atoms with Gasteiger partial charge in [0.15, 0.2) is 0 Å². The van der Waals surface area contributed by atoms with Gasteiger partial charge in [-0.1, -0.05) is 12.1 Å².